The maximum Gasteiger partial charge on any atom is 0.125 e. The van der Waals surface area contributed by atoms with Crippen molar-refractivity contribution in [1.29, 1.82) is 0 Å². The Morgan fingerprint density at radius 2 is 1.95 bits per heavy atom. The lowest BCUT2D eigenvalue weighted by atomic mass is 10.1. The van der Waals surface area contributed by atoms with Gasteiger partial charge in [-0.2, -0.15) is 0 Å². The third kappa shape index (κ3) is 3.35. The Balaban J connectivity index is 1.88. The van der Waals surface area contributed by atoms with Crippen molar-refractivity contribution in [2.24, 2.45) is 0 Å². The topological polar surface area (TPSA) is 12.9 Å². The van der Waals surface area contributed by atoms with Crippen molar-refractivity contribution < 1.29 is 0 Å². The molecule has 4 heteroatoms. The largest absolute Gasteiger partial charge is 0.237 e. The van der Waals surface area contributed by atoms with Gasteiger partial charge in [-0.05, 0) is 30.4 Å². The van der Waals surface area contributed by atoms with E-state index in [0.29, 0.717) is 0 Å². The fraction of sp³-hybridized carbons (Fsp3) is 0.188. The van der Waals surface area contributed by atoms with Gasteiger partial charge in [0.2, 0.25) is 0 Å². The van der Waals surface area contributed by atoms with Gasteiger partial charge in [0.15, 0.2) is 0 Å². The molecular formula is C16H14INS2. The minimum absolute atomic E-state index is 1.06. The molecule has 2 heterocycles. The van der Waals surface area contributed by atoms with Crippen LogP contribution in [0.15, 0.2) is 52.7 Å². The normalized spacial score (nSPS) is 11.1. The zero-order valence-corrected chi connectivity index (χ0v) is 14.7. The molecule has 0 N–H and O–H groups in total. The van der Waals surface area contributed by atoms with Crippen LogP contribution in [0.5, 0.6) is 0 Å². The van der Waals surface area contributed by atoms with E-state index in [2.05, 4.69) is 65.1 Å². The summed E-state index contributed by atoms with van der Waals surface area (Å²) >= 11 is 6.19. The van der Waals surface area contributed by atoms with Crippen LogP contribution in [-0.2, 0) is 0 Å². The fourth-order valence-electron chi connectivity index (χ4n) is 1.96. The Hall–Kier alpha value is -0.590. The number of benzene rings is 1. The van der Waals surface area contributed by atoms with Crippen molar-refractivity contribution in [3.8, 4) is 11.3 Å². The number of alkyl halides is 1. The molecule has 0 radical (unpaired) electrons. The molecule has 0 aliphatic heterocycles. The lowest BCUT2D eigenvalue weighted by Crippen LogP contribution is -1.81. The zero-order valence-electron chi connectivity index (χ0n) is 10.9. The molecule has 0 amide bonds. The van der Waals surface area contributed by atoms with E-state index >= 15 is 0 Å². The monoisotopic (exact) mass is 411 g/mol. The van der Waals surface area contributed by atoms with Crippen LogP contribution in [0.25, 0.3) is 21.5 Å². The van der Waals surface area contributed by atoms with E-state index in [-0.39, 0.29) is 0 Å². The Bertz CT molecular complexity index is 694. The van der Waals surface area contributed by atoms with Gasteiger partial charge in [0, 0.05) is 15.4 Å². The third-order valence-corrected chi connectivity index (χ3v) is 6.05. The lowest BCUT2D eigenvalue weighted by molar-refractivity contribution is 1.15. The molecule has 3 aromatic rings. The SMILES string of the molecule is ICCCSc1cc2ccc(-c3ccccc3)nc2s1. The predicted molar refractivity (Wildman–Crippen MR) is 99.3 cm³/mol. The zero-order chi connectivity index (χ0) is 13.8. The molecule has 3 rings (SSSR count). The summed E-state index contributed by atoms with van der Waals surface area (Å²) in [4.78, 5) is 5.94. The van der Waals surface area contributed by atoms with Crippen LogP contribution >= 0.6 is 45.7 Å². The van der Waals surface area contributed by atoms with Crippen LogP contribution in [0.4, 0.5) is 0 Å². The molecule has 0 saturated heterocycles. The van der Waals surface area contributed by atoms with Crippen LogP contribution in [-0.4, -0.2) is 15.2 Å². The van der Waals surface area contributed by atoms with E-state index in [1.807, 2.05) is 17.8 Å². The highest BCUT2D eigenvalue weighted by atomic mass is 127. The third-order valence-electron chi connectivity index (χ3n) is 2.95. The number of rotatable bonds is 5. The molecule has 20 heavy (non-hydrogen) atoms. The molecule has 0 unspecified atom stereocenters. The molecular weight excluding hydrogens is 397 g/mol. The van der Waals surface area contributed by atoms with Gasteiger partial charge in [0.05, 0.1) is 9.90 Å². The fourth-order valence-corrected chi connectivity index (χ4v) is 5.05. The molecule has 2 aromatic heterocycles. The van der Waals surface area contributed by atoms with E-state index in [1.165, 1.54) is 31.8 Å². The number of halogens is 1. The second kappa shape index (κ2) is 6.91. The van der Waals surface area contributed by atoms with Crippen molar-refractivity contribution in [1.82, 2.24) is 4.98 Å². The number of fused-ring (bicyclic) bond motifs is 1. The van der Waals surface area contributed by atoms with Gasteiger partial charge in [-0.25, -0.2) is 4.98 Å². The maximum atomic E-state index is 4.80. The molecule has 0 aliphatic carbocycles. The highest BCUT2D eigenvalue weighted by Gasteiger charge is 2.06. The minimum atomic E-state index is 1.06. The Labute approximate surface area is 141 Å². The number of hydrogen-bond donors (Lipinski definition) is 0. The predicted octanol–water partition coefficient (Wildman–Crippen LogP) is 5.88. The van der Waals surface area contributed by atoms with Gasteiger partial charge in [-0.1, -0.05) is 52.9 Å². The van der Waals surface area contributed by atoms with Crippen molar-refractivity contribution >= 4 is 55.9 Å². The highest BCUT2D eigenvalue weighted by Crippen LogP contribution is 2.33. The van der Waals surface area contributed by atoms with E-state index in [0.717, 1.165) is 10.5 Å². The van der Waals surface area contributed by atoms with Gasteiger partial charge in [0.1, 0.15) is 4.83 Å². The molecule has 0 spiro atoms. The van der Waals surface area contributed by atoms with Gasteiger partial charge in [-0.15, -0.1) is 23.1 Å². The number of aromatic nitrogens is 1. The van der Waals surface area contributed by atoms with Crippen molar-refractivity contribution in [3.05, 3.63) is 48.5 Å². The second-order valence-corrected chi connectivity index (χ2v) is 7.92. The van der Waals surface area contributed by atoms with Crippen LogP contribution in [0.3, 0.4) is 0 Å². The molecule has 0 bridgehead atoms. The molecule has 0 fully saturated rings. The first-order valence-corrected chi connectivity index (χ1v) is 9.84. The lowest BCUT2D eigenvalue weighted by Gasteiger charge is -1.99. The van der Waals surface area contributed by atoms with E-state index in [1.54, 1.807) is 11.3 Å². The van der Waals surface area contributed by atoms with Crippen LogP contribution < -0.4 is 0 Å². The number of nitrogens with zero attached hydrogens (tertiary/aromatic N) is 1. The van der Waals surface area contributed by atoms with Gasteiger partial charge < -0.3 is 0 Å². The van der Waals surface area contributed by atoms with Crippen molar-refractivity contribution in [2.45, 2.75) is 10.6 Å². The molecule has 0 saturated carbocycles. The Kier molecular flexibility index (Phi) is 4.96. The van der Waals surface area contributed by atoms with Crippen molar-refractivity contribution in [2.75, 3.05) is 10.2 Å². The number of hydrogen-bond acceptors (Lipinski definition) is 3. The average Bonchev–Trinajstić information content (AvgIpc) is 2.90. The molecule has 0 atom stereocenters. The quantitative estimate of drug-likeness (QED) is 0.225. The number of pyridine rings is 1. The first-order valence-electron chi connectivity index (χ1n) is 6.51. The van der Waals surface area contributed by atoms with Crippen LogP contribution in [0, 0.1) is 0 Å². The standard InChI is InChI=1S/C16H14INS2/c17-9-4-10-19-15-11-13-7-8-14(18-16(13)20-15)12-5-2-1-3-6-12/h1-3,5-8,11H,4,9-10H2. The summed E-state index contributed by atoms with van der Waals surface area (Å²) in [5.74, 6) is 1.20. The summed E-state index contributed by atoms with van der Waals surface area (Å²) in [6.07, 6.45) is 1.27. The smallest absolute Gasteiger partial charge is 0.125 e. The van der Waals surface area contributed by atoms with Crippen molar-refractivity contribution in [3.63, 3.8) is 0 Å². The number of thiophene rings is 1. The molecule has 102 valence electrons. The van der Waals surface area contributed by atoms with Gasteiger partial charge >= 0.3 is 0 Å². The minimum Gasteiger partial charge on any atom is -0.237 e. The maximum absolute atomic E-state index is 4.80. The van der Waals surface area contributed by atoms with Crippen LogP contribution in [0.1, 0.15) is 6.42 Å². The summed E-state index contributed by atoms with van der Waals surface area (Å²) in [7, 11) is 0. The first-order chi connectivity index (χ1) is 9.86. The summed E-state index contributed by atoms with van der Waals surface area (Å²) in [5, 5.41) is 1.26. The van der Waals surface area contributed by atoms with Crippen LogP contribution in [0.2, 0.25) is 0 Å². The second-order valence-electron chi connectivity index (χ2n) is 4.41. The Morgan fingerprint density at radius 1 is 1.10 bits per heavy atom. The molecule has 0 aliphatic rings. The molecule has 1 aromatic carbocycles. The Morgan fingerprint density at radius 3 is 2.75 bits per heavy atom. The van der Waals surface area contributed by atoms with E-state index in [4.69, 9.17) is 4.98 Å². The van der Waals surface area contributed by atoms with E-state index in [9.17, 15) is 0 Å². The van der Waals surface area contributed by atoms with E-state index < -0.39 is 0 Å². The summed E-state index contributed by atoms with van der Waals surface area (Å²) in [6.45, 7) is 0. The van der Waals surface area contributed by atoms with Gasteiger partial charge in [0.25, 0.3) is 0 Å². The van der Waals surface area contributed by atoms with Gasteiger partial charge in [-0.3, -0.25) is 0 Å². The summed E-state index contributed by atoms with van der Waals surface area (Å²) < 4.78 is 2.61. The summed E-state index contributed by atoms with van der Waals surface area (Å²) in [6, 6.07) is 16.9. The molecule has 1 nitrogen and oxygen atoms in total. The number of thioether (sulfide) groups is 1. The average molecular weight is 411 g/mol. The first kappa shape index (κ1) is 14.4. The highest BCUT2D eigenvalue weighted by molar-refractivity contribution is 14.1. The summed E-state index contributed by atoms with van der Waals surface area (Å²) in [5.41, 5.74) is 2.24.